The van der Waals surface area contributed by atoms with Crippen LogP contribution in [-0.4, -0.2) is 5.78 Å². The highest BCUT2D eigenvalue weighted by molar-refractivity contribution is 7.99. The molecule has 4 rings (SSSR count). The number of carbonyl (C=O) groups excluding carboxylic acids is 1. The topological polar surface area (TPSA) is 17.1 Å². The first-order valence-electron chi connectivity index (χ1n) is 8.81. The minimum atomic E-state index is -0.0312. The molecule has 1 aliphatic rings. The molecule has 0 N–H and O–H groups in total. The van der Waals surface area contributed by atoms with Gasteiger partial charge in [0, 0.05) is 26.6 Å². The number of Topliss-reactive ketones (excluding diaryl/α,β-unsaturated/α-hetero) is 1. The zero-order valence-corrected chi connectivity index (χ0v) is 15.8. The predicted octanol–water partition coefficient (Wildman–Crippen LogP) is 6.62. The molecule has 0 fully saturated rings. The Kier molecular flexibility index (Phi) is 5.14. The second kappa shape index (κ2) is 7.69. The largest absolute Gasteiger partial charge is 0.294 e. The Bertz CT molecular complexity index is 905. The molecule has 0 spiro atoms. The molecule has 1 aliphatic carbocycles. The molecule has 0 aromatic heterocycles. The van der Waals surface area contributed by atoms with Crippen molar-refractivity contribution in [3.05, 3.63) is 101 Å². The van der Waals surface area contributed by atoms with E-state index in [0.717, 1.165) is 29.0 Å². The molecule has 0 saturated heterocycles. The van der Waals surface area contributed by atoms with Gasteiger partial charge in [-0.1, -0.05) is 66.2 Å². The lowest BCUT2D eigenvalue weighted by molar-refractivity contribution is 0.0899. The molecule has 0 heterocycles. The van der Waals surface area contributed by atoms with Crippen LogP contribution < -0.4 is 0 Å². The van der Waals surface area contributed by atoms with Gasteiger partial charge in [0.05, 0.1) is 0 Å². The summed E-state index contributed by atoms with van der Waals surface area (Å²) in [4.78, 5) is 14.4. The zero-order chi connectivity index (χ0) is 17.9. The van der Waals surface area contributed by atoms with Crippen molar-refractivity contribution in [2.24, 2.45) is 5.92 Å². The van der Waals surface area contributed by atoms with Crippen LogP contribution in [0.1, 0.15) is 33.2 Å². The fourth-order valence-electron chi connectivity index (χ4n) is 3.59. The van der Waals surface area contributed by atoms with Gasteiger partial charge in [-0.25, -0.2) is 0 Å². The lowest BCUT2D eigenvalue weighted by Gasteiger charge is -2.30. The number of benzene rings is 3. The van der Waals surface area contributed by atoms with E-state index in [4.69, 9.17) is 11.6 Å². The van der Waals surface area contributed by atoms with Gasteiger partial charge in [-0.05, 0) is 48.2 Å². The fourth-order valence-corrected chi connectivity index (χ4v) is 5.04. The molecule has 0 amide bonds. The van der Waals surface area contributed by atoms with E-state index >= 15 is 0 Å². The van der Waals surface area contributed by atoms with Crippen molar-refractivity contribution in [1.29, 1.82) is 0 Å². The first-order valence-corrected chi connectivity index (χ1v) is 10.1. The maximum Gasteiger partial charge on any atom is 0.167 e. The molecule has 1 nitrogen and oxygen atoms in total. The highest BCUT2D eigenvalue weighted by Gasteiger charge is 2.34. The highest BCUT2D eigenvalue weighted by atomic mass is 35.5. The summed E-state index contributed by atoms with van der Waals surface area (Å²) in [6.45, 7) is 0. The second-order valence-corrected chi connectivity index (χ2v) is 8.22. The SMILES string of the molecule is O=C1c2ccccc2CC[C@H]1[C@H](Sc1ccccc1)c1ccc(Cl)cc1. The van der Waals surface area contributed by atoms with Gasteiger partial charge < -0.3 is 0 Å². The minimum absolute atomic E-state index is 0.0312. The molecule has 0 aliphatic heterocycles. The van der Waals surface area contributed by atoms with Crippen LogP contribution >= 0.6 is 23.4 Å². The van der Waals surface area contributed by atoms with Crippen molar-refractivity contribution in [3.8, 4) is 0 Å². The van der Waals surface area contributed by atoms with Crippen molar-refractivity contribution in [2.45, 2.75) is 23.0 Å². The van der Waals surface area contributed by atoms with Crippen molar-refractivity contribution in [3.63, 3.8) is 0 Å². The number of fused-ring (bicyclic) bond motifs is 1. The van der Waals surface area contributed by atoms with Crippen LogP contribution in [0, 0.1) is 5.92 Å². The van der Waals surface area contributed by atoms with E-state index in [9.17, 15) is 4.79 Å². The van der Waals surface area contributed by atoms with Gasteiger partial charge in [0.15, 0.2) is 5.78 Å². The van der Waals surface area contributed by atoms with E-state index in [-0.39, 0.29) is 17.0 Å². The van der Waals surface area contributed by atoms with E-state index in [0.29, 0.717) is 0 Å². The number of aryl methyl sites for hydroxylation is 1. The van der Waals surface area contributed by atoms with E-state index in [1.165, 1.54) is 10.5 Å². The third-order valence-electron chi connectivity index (χ3n) is 4.91. The van der Waals surface area contributed by atoms with Crippen LogP contribution in [0.3, 0.4) is 0 Å². The van der Waals surface area contributed by atoms with Crippen molar-refractivity contribution >= 4 is 29.1 Å². The number of ketones is 1. The Morgan fingerprint density at radius 3 is 2.35 bits per heavy atom. The molecule has 130 valence electrons. The Balaban J connectivity index is 1.71. The standard InChI is InChI=1S/C23H19ClOS/c24-18-13-10-17(11-14-18)23(26-19-7-2-1-3-8-19)21-15-12-16-6-4-5-9-20(16)22(21)25/h1-11,13-14,21,23H,12,15H2/t21-,23-/m1/s1. The van der Waals surface area contributed by atoms with Gasteiger partial charge in [0.2, 0.25) is 0 Å². The normalized spacial score (nSPS) is 17.6. The molecule has 0 bridgehead atoms. The molecular formula is C23H19ClOS. The third kappa shape index (κ3) is 3.58. The van der Waals surface area contributed by atoms with Crippen molar-refractivity contribution in [1.82, 2.24) is 0 Å². The molecule has 3 aromatic carbocycles. The number of hydrogen-bond acceptors (Lipinski definition) is 2. The lowest BCUT2D eigenvalue weighted by Crippen LogP contribution is -2.27. The van der Waals surface area contributed by atoms with E-state index < -0.39 is 0 Å². The van der Waals surface area contributed by atoms with Crippen LogP contribution in [0.25, 0.3) is 0 Å². The van der Waals surface area contributed by atoms with Gasteiger partial charge in [-0.2, -0.15) is 0 Å². The fraction of sp³-hybridized carbons (Fsp3) is 0.174. The van der Waals surface area contributed by atoms with Crippen molar-refractivity contribution in [2.75, 3.05) is 0 Å². The van der Waals surface area contributed by atoms with Gasteiger partial charge in [-0.15, -0.1) is 11.8 Å². The zero-order valence-electron chi connectivity index (χ0n) is 14.3. The predicted molar refractivity (Wildman–Crippen MR) is 109 cm³/mol. The first kappa shape index (κ1) is 17.4. The summed E-state index contributed by atoms with van der Waals surface area (Å²) < 4.78 is 0. The Labute approximate surface area is 163 Å². The van der Waals surface area contributed by atoms with E-state index in [2.05, 4.69) is 30.3 Å². The van der Waals surface area contributed by atoms with E-state index in [1.807, 2.05) is 48.5 Å². The Morgan fingerprint density at radius 1 is 0.885 bits per heavy atom. The summed E-state index contributed by atoms with van der Waals surface area (Å²) >= 11 is 7.85. The van der Waals surface area contributed by atoms with Gasteiger partial charge >= 0.3 is 0 Å². The maximum absolute atomic E-state index is 13.2. The summed E-state index contributed by atoms with van der Waals surface area (Å²) in [5, 5.41) is 0.799. The molecule has 3 aromatic rings. The highest BCUT2D eigenvalue weighted by Crippen LogP contribution is 2.45. The van der Waals surface area contributed by atoms with Crippen molar-refractivity contribution < 1.29 is 4.79 Å². The number of thioether (sulfide) groups is 1. The first-order chi connectivity index (χ1) is 12.7. The number of rotatable bonds is 4. The average molecular weight is 379 g/mol. The number of hydrogen-bond donors (Lipinski definition) is 0. The Morgan fingerprint density at radius 2 is 1.58 bits per heavy atom. The summed E-state index contributed by atoms with van der Waals surface area (Å²) in [5.74, 6) is 0.228. The molecular weight excluding hydrogens is 360 g/mol. The van der Waals surface area contributed by atoms with Gasteiger partial charge in [0.25, 0.3) is 0 Å². The van der Waals surface area contributed by atoms with Gasteiger partial charge in [0.1, 0.15) is 0 Å². The van der Waals surface area contributed by atoms with Crippen LogP contribution in [-0.2, 0) is 6.42 Å². The average Bonchev–Trinajstić information content (AvgIpc) is 2.69. The van der Waals surface area contributed by atoms with Crippen LogP contribution in [0.4, 0.5) is 0 Å². The van der Waals surface area contributed by atoms with E-state index in [1.54, 1.807) is 11.8 Å². The lowest BCUT2D eigenvalue weighted by atomic mass is 9.79. The molecule has 0 radical (unpaired) electrons. The number of carbonyl (C=O) groups is 1. The smallest absolute Gasteiger partial charge is 0.167 e. The summed E-state index contributed by atoms with van der Waals surface area (Å²) in [6, 6.07) is 26.3. The summed E-state index contributed by atoms with van der Waals surface area (Å²) in [7, 11) is 0. The Hall–Kier alpha value is -2.03. The maximum atomic E-state index is 13.2. The quantitative estimate of drug-likeness (QED) is 0.474. The molecule has 26 heavy (non-hydrogen) atoms. The minimum Gasteiger partial charge on any atom is -0.294 e. The summed E-state index contributed by atoms with van der Waals surface area (Å²) in [5.41, 5.74) is 3.21. The third-order valence-corrected chi connectivity index (χ3v) is 6.57. The van der Waals surface area contributed by atoms with Crippen LogP contribution in [0.2, 0.25) is 5.02 Å². The molecule has 0 saturated carbocycles. The van der Waals surface area contributed by atoms with Gasteiger partial charge in [-0.3, -0.25) is 4.79 Å². The summed E-state index contributed by atoms with van der Waals surface area (Å²) in [6.07, 6.45) is 1.83. The monoisotopic (exact) mass is 378 g/mol. The number of halogens is 1. The molecule has 2 atom stereocenters. The van der Waals surface area contributed by atoms with Crippen LogP contribution in [0.15, 0.2) is 83.8 Å². The molecule has 3 heteroatoms. The second-order valence-electron chi connectivity index (χ2n) is 6.57. The molecule has 0 unspecified atom stereocenters. The van der Waals surface area contributed by atoms with Crippen LogP contribution in [0.5, 0.6) is 0 Å².